The maximum Gasteiger partial charge on any atom is 0.123 e. The molecule has 16 heavy (non-hydrogen) atoms. The first-order valence-corrected chi connectivity index (χ1v) is 6.22. The van der Waals surface area contributed by atoms with Crippen molar-refractivity contribution in [3.8, 4) is 0 Å². The monoisotopic (exact) mass is 222 g/mol. The Morgan fingerprint density at radius 3 is 2.62 bits per heavy atom. The molecule has 1 aromatic heterocycles. The third-order valence-corrected chi connectivity index (χ3v) is 3.43. The molecule has 2 N–H and O–H groups in total. The summed E-state index contributed by atoms with van der Waals surface area (Å²) >= 11 is 0. The molecule has 0 bridgehead atoms. The Labute approximate surface area is 97.4 Å². The molecule has 1 atom stereocenters. The van der Waals surface area contributed by atoms with Crippen LogP contribution in [0.15, 0.2) is 0 Å². The lowest BCUT2D eigenvalue weighted by Crippen LogP contribution is -2.44. The number of aromatic amines is 1. The van der Waals surface area contributed by atoms with Crippen molar-refractivity contribution in [3.05, 3.63) is 17.2 Å². The van der Waals surface area contributed by atoms with E-state index in [1.165, 1.54) is 11.4 Å². The van der Waals surface area contributed by atoms with Crippen molar-refractivity contribution in [3.63, 3.8) is 0 Å². The Hall–Kier alpha value is -0.870. The number of nitrogens with one attached hydrogen (secondary N) is 2. The molecule has 1 fully saturated rings. The maximum atomic E-state index is 4.69. The van der Waals surface area contributed by atoms with Gasteiger partial charge in [-0.25, -0.2) is 4.98 Å². The van der Waals surface area contributed by atoms with Crippen LogP contribution in [0.2, 0.25) is 0 Å². The molecule has 2 rings (SSSR count). The molecule has 1 aliphatic rings. The van der Waals surface area contributed by atoms with Gasteiger partial charge in [-0.3, -0.25) is 4.90 Å². The van der Waals surface area contributed by atoms with Gasteiger partial charge in [0.2, 0.25) is 0 Å². The van der Waals surface area contributed by atoms with E-state index in [-0.39, 0.29) is 0 Å². The van der Waals surface area contributed by atoms with Crippen molar-refractivity contribution in [2.24, 2.45) is 0 Å². The van der Waals surface area contributed by atoms with Crippen LogP contribution in [-0.4, -0.2) is 41.0 Å². The predicted molar refractivity (Wildman–Crippen MR) is 65.6 cm³/mol. The summed E-state index contributed by atoms with van der Waals surface area (Å²) < 4.78 is 0. The lowest BCUT2D eigenvalue weighted by Gasteiger charge is -2.31. The Morgan fingerprint density at radius 2 is 2.06 bits per heavy atom. The SMILES string of the molecule is CCc1nc(C(C)N2CCNCC2)[nH]c1C. The molecular formula is C12H22N4. The van der Waals surface area contributed by atoms with Crippen molar-refractivity contribution < 1.29 is 0 Å². The zero-order valence-corrected chi connectivity index (χ0v) is 10.5. The van der Waals surface area contributed by atoms with Gasteiger partial charge in [0, 0.05) is 31.9 Å². The fraction of sp³-hybridized carbons (Fsp3) is 0.750. The highest BCUT2D eigenvalue weighted by atomic mass is 15.2. The minimum absolute atomic E-state index is 0.404. The first-order valence-electron chi connectivity index (χ1n) is 6.22. The second kappa shape index (κ2) is 4.97. The molecule has 1 saturated heterocycles. The number of hydrogen-bond acceptors (Lipinski definition) is 3. The largest absolute Gasteiger partial charge is 0.345 e. The van der Waals surface area contributed by atoms with Gasteiger partial charge in [0.1, 0.15) is 5.82 Å². The van der Waals surface area contributed by atoms with Crippen molar-refractivity contribution in [2.45, 2.75) is 33.2 Å². The second-order valence-corrected chi connectivity index (χ2v) is 4.51. The van der Waals surface area contributed by atoms with E-state index in [4.69, 9.17) is 0 Å². The van der Waals surface area contributed by atoms with Crippen LogP contribution in [0.5, 0.6) is 0 Å². The Kier molecular flexibility index (Phi) is 3.61. The van der Waals surface area contributed by atoms with Crippen molar-refractivity contribution in [1.29, 1.82) is 0 Å². The molecule has 0 aliphatic carbocycles. The molecule has 1 aromatic rings. The van der Waals surface area contributed by atoms with Crippen molar-refractivity contribution >= 4 is 0 Å². The molecule has 0 radical (unpaired) electrons. The normalized spacial score (nSPS) is 19.9. The highest BCUT2D eigenvalue weighted by Gasteiger charge is 2.20. The molecule has 1 aliphatic heterocycles. The summed E-state index contributed by atoms with van der Waals surface area (Å²) in [5, 5.41) is 3.38. The number of rotatable bonds is 3. The lowest BCUT2D eigenvalue weighted by molar-refractivity contribution is 0.179. The summed E-state index contributed by atoms with van der Waals surface area (Å²) in [5.41, 5.74) is 2.43. The Balaban J connectivity index is 2.09. The molecule has 90 valence electrons. The number of aromatic nitrogens is 2. The van der Waals surface area contributed by atoms with E-state index in [0.29, 0.717) is 6.04 Å². The van der Waals surface area contributed by atoms with E-state index >= 15 is 0 Å². The predicted octanol–water partition coefficient (Wildman–Crippen LogP) is 1.25. The number of nitrogens with zero attached hydrogens (tertiary/aromatic N) is 2. The number of H-pyrrole nitrogens is 1. The summed E-state index contributed by atoms with van der Waals surface area (Å²) in [6.45, 7) is 10.9. The average molecular weight is 222 g/mol. The molecule has 0 amide bonds. The Morgan fingerprint density at radius 1 is 1.38 bits per heavy atom. The first-order chi connectivity index (χ1) is 7.72. The van der Waals surface area contributed by atoms with Crippen LogP contribution in [0.3, 0.4) is 0 Å². The Bertz CT molecular complexity index is 339. The average Bonchev–Trinajstić information content (AvgIpc) is 2.71. The summed E-state index contributed by atoms with van der Waals surface area (Å²) in [4.78, 5) is 10.6. The van der Waals surface area contributed by atoms with Gasteiger partial charge in [-0.05, 0) is 20.3 Å². The second-order valence-electron chi connectivity index (χ2n) is 4.51. The highest BCUT2D eigenvalue weighted by molar-refractivity contribution is 5.14. The van der Waals surface area contributed by atoms with Gasteiger partial charge >= 0.3 is 0 Å². The molecular weight excluding hydrogens is 200 g/mol. The fourth-order valence-corrected chi connectivity index (χ4v) is 2.31. The van der Waals surface area contributed by atoms with Gasteiger partial charge < -0.3 is 10.3 Å². The van der Waals surface area contributed by atoms with Gasteiger partial charge in [0.15, 0.2) is 0 Å². The van der Waals surface area contributed by atoms with E-state index < -0.39 is 0 Å². The van der Waals surface area contributed by atoms with Crippen LogP contribution in [-0.2, 0) is 6.42 Å². The van der Waals surface area contributed by atoms with Crippen molar-refractivity contribution in [1.82, 2.24) is 20.2 Å². The summed E-state index contributed by atoms with van der Waals surface area (Å²) in [5.74, 6) is 1.12. The number of imidazole rings is 1. The zero-order valence-electron chi connectivity index (χ0n) is 10.5. The van der Waals surface area contributed by atoms with Gasteiger partial charge in [0.25, 0.3) is 0 Å². The first kappa shape index (κ1) is 11.6. The topological polar surface area (TPSA) is 44.0 Å². The van der Waals surface area contributed by atoms with E-state index in [9.17, 15) is 0 Å². The van der Waals surface area contributed by atoms with Gasteiger partial charge in [0.05, 0.1) is 11.7 Å². The summed E-state index contributed by atoms with van der Waals surface area (Å²) in [6, 6.07) is 0.404. The molecule has 0 aromatic carbocycles. The molecule has 0 spiro atoms. The van der Waals surface area contributed by atoms with Gasteiger partial charge in [-0.15, -0.1) is 0 Å². The third-order valence-electron chi connectivity index (χ3n) is 3.43. The standard InChI is InChI=1S/C12H22N4/c1-4-11-9(2)14-12(15-11)10(3)16-7-5-13-6-8-16/h10,13H,4-8H2,1-3H3,(H,14,15). The van der Waals surface area contributed by atoms with Crippen LogP contribution in [0.25, 0.3) is 0 Å². The van der Waals surface area contributed by atoms with Crippen LogP contribution >= 0.6 is 0 Å². The van der Waals surface area contributed by atoms with Gasteiger partial charge in [-0.1, -0.05) is 6.92 Å². The highest BCUT2D eigenvalue weighted by Crippen LogP contribution is 2.19. The van der Waals surface area contributed by atoms with E-state index in [2.05, 4.69) is 41.0 Å². The van der Waals surface area contributed by atoms with Crippen LogP contribution in [0.1, 0.15) is 37.1 Å². The van der Waals surface area contributed by atoms with Gasteiger partial charge in [-0.2, -0.15) is 0 Å². The fourth-order valence-electron chi connectivity index (χ4n) is 2.31. The van der Waals surface area contributed by atoms with E-state index in [1.54, 1.807) is 0 Å². The molecule has 1 unspecified atom stereocenters. The quantitative estimate of drug-likeness (QED) is 0.809. The molecule has 2 heterocycles. The van der Waals surface area contributed by atoms with E-state index in [1.807, 2.05) is 0 Å². The molecule has 4 nitrogen and oxygen atoms in total. The number of hydrogen-bond donors (Lipinski definition) is 2. The molecule has 4 heteroatoms. The maximum absolute atomic E-state index is 4.69. The number of piperazine rings is 1. The zero-order chi connectivity index (χ0) is 11.5. The lowest BCUT2D eigenvalue weighted by atomic mass is 10.2. The minimum atomic E-state index is 0.404. The summed E-state index contributed by atoms with van der Waals surface area (Å²) in [7, 11) is 0. The van der Waals surface area contributed by atoms with E-state index in [0.717, 1.165) is 38.4 Å². The van der Waals surface area contributed by atoms with Crippen LogP contribution in [0.4, 0.5) is 0 Å². The van der Waals surface area contributed by atoms with Crippen LogP contribution < -0.4 is 5.32 Å². The van der Waals surface area contributed by atoms with Crippen LogP contribution in [0, 0.1) is 6.92 Å². The molecule has 0 saturated carbocycles. The minimum Gasteiger partial charge on any atom is -0.345 e. The number of aryl methyl sites for hydroxylation is 2. The van der Waals surface area contributed by atoms with Crippen molar-refractivity contribution in [2.75, 3.05) is 26.2 Å². The summed E-state index contributed by atoms with van der Waals surface area (Å²) in [6.07, 6.45) is 1.01. The third kappa shape index (κ3) is 2.28. The smallest absolute Gasteiger partial charge is 0.123 e.